The molecule has 4 rings (SSSR count). The minimum Gasteiger partial charge on any atom is -0.508 e. The minimum absolute atomic E-state index is 0.219. The van der Waals surface area contributed by atoms with E-state index >= 15 is 0 Å². The summed E-state index contributed by atoms with van der Waals surface area (Å²) < 4.78 is 10.6. The third kappa shape index (κ3) is 4.12. The number of carbonyl (C=O) groups excluding carboxylic acids is 1. The number of aromatic nitrogens is 1. The first kappa shape index (κ1) is 17.2. The molecular formula is C19H17N3O4S. The average Bonchev–Trinajstić information content (AvgIpc) is 3.32. The summed E-state index contributed by atoms with van der Waals surface area (Å²) >= 11 is 1.35. The summed E-state index contributed by atoms with van der Waals surface area (Å²) in [6.07, 6.45) is 0.679. The van der Waals surface area contributed by atoms with Crippen LogP contribution < -0.4 is 20.1 Å². The Kier molecular flexibility index (Phi) is 4.80. The van der Waals surface area contributed by atoms with Gasteiger partial charge in [0.25, 0.3) is 5.91 Å². The average molecular weight is 383 g/mol. The monoisotopic (exact) mass is 383 g/mol. The van der Waals surface area contributed by atoms with E-state index in [1.54, 1.807) is 17.5 Å². The molecule has 0 bridgehead atoms. The summed E-state index contributed by atoms with van der Waals surface area (Å²) in [5.41, 5.74) is 2.22. The number of thiazole rings is 1. The van der Waals surface area contributed by atoms with Crippen LogP contribution in [0.25, 0.3) is 0 Å². The van der Waals surface area contributed by atoms with Crippen molar-refractivity contribution in [1.82, 2.24) is 10.3 Å². The summed E-state index contributed by atoms with van der Waals surface area (Å²) in [4.78, 5) is 16.6. The van der Waals surface area contributed by atoms with Gasteiger partial charge >= 0.3 is 0 Å². The molecule has 0 atom stereocenters. The molecule has 1 aliphatic rings. The molecular weight excluding hydrogens is 366 g/mol. The predicted molar refractivity (Wildman–Crippen MR) is 102 cm³/mol. The van der Waals surface area contributed by atoms with Crippen LogP contribution in [0.5, 0.6) is 17.2 Å². The first-order valence-electron chi connectivity index (χ1n) is 8.36. The highest BCUT2D eigenvalue weighted by molar-refractivity contribution is 7.14. The van der Waals surface area contributed by atoms with Crippen LogP contribution in [0.2, 0.25) is 0 Å². The number of ether oxygens (including phenoxy) is 2. The van der Waals surface area contributed by atoms with Crippen LogP contribution in [-0.4, -0.2) is 29.3 Å². The van der Waals surface area contributed by atoms with E-state index < -0.39 is 0 Å². The Labute approximate surface area is 159 Å². The number of phenols is 1. The maximum Gasteiger partial charge on any atom is 0.270 e. The van der Waals surface area contributed by atoms with E-state index in [0.29, 0.717) is 35.3 Å². The van der Waals surface area contributed by atoms with Crippen LogP contribution in [0.15, 0.2) is 47.8 Å². The predicted octanol–water partition coefficient (Wildman–Crippen LogP) is 3.29. The van der Waals surface area contributed by atoms with Crippen LogP contribution in [0.3, 0.4) is 0 Å². The first-order valence-corrected chi connectivity index (χ1v) is 9.24. The van der Waals surface area contributed by atoms with E-state index in [2.05, 4.69) is 15.6 Å². The lowest BCUT2D eigenvalue weighted by Crippen LogP contribution is -2.25. The lowest BCUT2D eigenvalue weighted by atomic mass is 10.1. The van der Waals surface area contributed by atoms with Gasteiger partial charge in [0.1, 0.15) is 11.4 Å². The van der Waals surface area contributed by atoms with E-state index in [-0.39, 0.29) is 18.4 Å². The molecule has 1 aromatic heterocycles. The molecule has 1 aliphatic heterocycles. The minimum atomic E-state index is -0.219. The van der Waals surface area contributed by atoms with Crippen molar-refractivity contribution in [3.63, 3.8) is 0 Å². The Morgan fingerprint density at radius 2 is 1.96 bits per heavy atom. The van der Waals surface area contributed by atoms with E-state index in [9.17, 15) is 9.90 Å². The number of nitrogens with one attached hydrogen (secondary N) is 2. The summed E-state index contributed by atoms with van der Waals surface area (Å²) in [7, 11) is 0. The smallest absolute Gasteiger partial charge is 0.270 e. The summed E-state index contributed by atoms with van der Waals surface area (Å²) in [6.45, 7) is 0.719. The molecule has 0 unspecified atom stereocenters. The van der Waals surface area contributed by atoms with Crippen molar-refractivity contribution in [3.8, 4) is 17.2 Å². The Hall–Kier alpha value is -3.26. The van der Waals surface area contributed by atoms with Crippen molar-refractivity contribution in [3.05, 3.63) is 59.1 Å². The molecule has 1 amide bonds. The fourth-order valence-electron chi connectivity index (χ4n) is 2.61. The summed E-state index contributed by atoms with van der Waals surface area (Å²) in [5.74, 6) is 1.41. The number of amides is 1. The fraction of sp³-hybridized carbons (Fsp3) is 0.158. The van der Waals surface area contributed by atoms with Crippen LogP contribution in [0, 0.1) is 0 Å². The molecule has 27 heavy (non-hydrogen) atoms. The molecule has 0 saturated carbocycles. The van der Waals surface area contributed by atoms with E-state index in [0.717, 1.165) is 11.3 Å². The van der Waals surface area contributed by atoms with Gasteiger partial charge in [-0.05, 0) is 36.2 Å². The third-order valence-corrected chi connectivity index (χ3v) is 4.75. The highest BCUT2D eigenvalue weighted by atomic mass is 32.1. The number of carbonyl (C=O) groups is 1. The second kappa shape index (κ2) is 7.55. The molecule has 3 aromatic rings. The quantitative estimate of drug-likeness (QED) is 0.605. The lowest BCUT2D eigenvalue weighted by Gasteiger charge is -2.04. The second-order valence-electron chi connectivity index (χ2n) is 5.90. The van der Waals surface area contributed by atoms with Gasteiger partial charge in [0.05, 0.1) is 0 Å². The summed E-state index contributed by atoms with van der Waals surface area (Å²) in [5, 5.41) is 17.6. The second-order valence-corrected chi connectivity index (χ2v) is 6.76. The molecule has 0 aliphatic carbocycles. The standard InChI is InChI=1S/C19H17N3O4S/c23-14-4-1-12(2-5-14)7-8-20-18(24)15-10-27-19(22-15)21-13-3-6-16-17(9-13)26-11-25-16/h1-6,9-10,23H,7-8,11H2,(H,20,24)(H,21,22). The molecule has 3 N–H and O–H groups in total. The van der Waals surface area contributed by atoms with Gasteiger partial charge in [0.2, 0.25) is 6.79 Å². The molecule has 0 spiro atoms. The summed E-state index contributed by atoms with van der Waals surface area (Å²) in [6, 6.07) is 12.5. The fourth-order valence-corrected chi connectivity index (χ4v) is 3.32. The van der Waals surface area contributed by atoms with Gasteiger partial charge < -0.3 is 25.2 Å². The normalized spacial score (nSPS) is 12.0. The van der Waals surface area contributed by atoms with Gasteiger partial charge in [0.15, 0.2) is 16.6 Å². The molecule has 2 heterocycles. The van der Waals surface area contributed by atoms with Gasteiger partial charge in [-0.2, -0.15) is 0 Å². The number of nitrogens with zero attached hydrogens (tertiary/aromatic N) is 1. The molecule has 2 aromatic carbocycles. The maximum atomic E-state index is 12.2. The molecule has 8 heteroatoms. The highest BCUT2D eigenvalue weighted by Gasteiger charge is 2.15. The zero-order chi connectivity index (χ0) is 18.6. The number of hydrogen-bond acceptors (Lipinski definition) is 7. The van der Waals surface area contributed by atoms with E-state index in [4.69, 9.17) is 9.47 Å². The Bertz CT molecular complexity index is 956. The molecule has 0 radical (unpaired) electrons. The van der Waals surface area contributed by atoms with Gasteiger partial charge in [0, 0.05) is 23.7 Å². The van der Waals surface area contributed by atoms with Crippen molar-refractivity contribution in [2.45, 2.75) is 6.42 Å². The number of benzene rings is 2. The van der Waals surface area contributed by atoms with Gasteiger partial charge in [-0.15, -0.1) is 11.3 Å². The number of hydrogen-bond donors (Lipinski definition) is 3. The van der Waals surface area contributed by atoms with Gasteiger partial charge in [-0.1, -0.05) is 12.1 Å². The highest BCUT2D eigenvalue weighted by Crippen LogP contribution is 2.35. The number of anilines is 2. The number of rotatable bonds is 6. The van der Waals surface area contributed by atoms with Crippen LogP contribution in [0.1, 0.15) is 16.1 Å². The molecule has 0 saturated heterocycles. The van der Waals surface area contributed by atoms with Gasteiger partial charge in [-0.25, -0.2) is 4.98 Å². The number of phenolic OH excluding ortho intramolecular Hbond substituents is 1. The van der Waals surface area contributed by atoms with Crippen LogP contribution in [-0.2, 0) is 6.42 Å². The zero-order valence-corrected chi connectivity index (χ0v) is 15.1. The van der Waals surface area contributed by atoms with Crippen molar-refractivity contribution in [2.75, 3.05) is 18.7 Å². The number of aromatic hydroxyl groups is 1. The molecule has 0 fully saturated rings. The first-order chi connectivity index (χ1) is 13.2. The van der Waals surface area contributed by atoms with Crippen molar-refractivity contribution < 1.29 is 19.4 Å². The Morgan fingerprint density at radius 3 is 2.81 bits per heavy atom. The molecule has 138 valence electrons. The van der Waals surface area contributed by atoms with Crippen molar-refractivity contribution in [2.24, 2.45) is 0 Å². The third-order valence-electron chi connectivity index (χ3n) is 4.00. The Morgan fingerprint density at radius 1 is 1.15 bits per heavy atom. The van der Waals surface area contributed by atoms with E-state index in [1.165, 1.54) is 11.3 Å². The SMILES string of the molecule is O=C(NCCc1ccc(O)cc1)c1csc(Nc2ccc3c(c2)OCO3)n1. The Balaban J connectivity index is 1.31. The van der Waals surface area contributed by atoms with E-state index in [1.807, 2.05) is 30.3 Å². The lowest BCUT2D eigenvalue weighted by molar-refractivity contribution is 0.0950. The van der Waals surface area contributed by atoms with Crippen LogP contribution >= 0.6 is 11.3 Å². The van der Waals surface area contributed by atoms with Crippen LogP contribution in [0.4, 0.5) is 10.8 Å². The largest absolute Gasteiger partial charge is 0.508 e. The zero-order valence-electron chi connectivity index (χ0n) is 14.3. The maximum absolute atomic E-state index is 12.2. The molecule has 7 nitrogen and oxygen atoms in total. The van der Waals surface area contributed by atoms with Crippen molar-refractivity contribution >= 4 is 28.1 Å². The van der Waals surface area contributed by atoms with Crippen molar-refractivity contribution in [1.29, 1.82) is 0 Å². The number of fused-ring (bicyclic) bond motifs is 1. The van der Waals surface area contributed by atoms with Gasteiger partial charge in [-0.3, -0.25) is 4.79 Å². The topological polar surface area (TPSA) is 92.7 Å².